The van der Waals surface area contributed by atoms with Gasteiger partial charge >= 0.3 is 5.97 Å². The fourth-order valence-electron chi connectivity index (χ4n) is 4.27. The summed E-state index contributed by atoms with van der Waals surface area (Å²) in [6.45, 7) is 5.42. The van der Waals surface area contributed by atoms with E-state index in [0.29, 0.717) is 25.9 Å². The first-order valence-electron chi connectivity index (χ1n) is 8.96. The molecule has 25 heavy (non-hydrogen) atoms. The second-order valence-corrected chi connectivity index (χ2v) is 7.15. The number of amides is 1. The van der Waals surface area contributed by atoms with Crippen molar-refractivity contribution in [3.05, 3.63) is 17.6 Å². The highest BCUT2D eigenvalue weighted by atomic mass is 16.4. The van der Waals surface area contributed by atoms with Gasteiger partial charge in [0.1, 0.15) is 11.6 Å². The Hall–Kier alpha value is -2.18. The van der Waals surface area contributed by atoms with E-state index in [1.54, 1.807) is 11.9 Å². The summed E-state index contributed by atoms with van der Waals surface area (Å²) >= 11 is 0. The lowest BCUT2D eigenvalue weighted by Crippen LogP contribution is -2.56. The van der Waals surface area contributed by atoms with Crippen molar-refractivity contribution in [2.45, 2.75) is 51.5 Å². The average molecular weight is 346 g/mol. The smallest absolute Gasteiger partial charge is 0.309 e. The summed E-state index contributed by atoms with van der Waals surface area (Å²) in [6.07, 6.45) is 3.37. The van der Waals surface area contributed by atoms with Gasteiger partial charge in [0.25, 0.3) is 0 Å². The molecule has 3 heterocycles. The molecule has 3 rings (SSSR count). The summed E-state index contributed by atoms with van der Waals surface area (Å²) in [5, 5.41) is 9.57. The topological polar surface area (TPSA) is 86.6 Å². The lowest BCUT2D eigenvalue weighted by molar-refractivity contribution is -0.145. The van der Waals surface area contributed by atoms with Crippen molar-refractivity contribution < 1.29 is 14.7 Å². The van der Waals surface area contributed by atoms with Gasteiger partial charge < -0.3 is 14.9 Å². The van der Waals surface area contributed by atoms with Gasteiger partial charge in [-0.2, -0.15) is 0 Å². The van der Waals surface area contributed by atoms with E-state index in [2.05, 4.69) is 21.8 Å². The maximum Gasteiger partial charge on any atom is 0.309 e. The number of carboxylic acid groups (broad SMARTS) is 1. The molecule has 2 aliphatic heterocycles. The van der Waals surface area contributed by atoms with Crippen LogP contribution in [0.1, 0.15) is 44.1 Å². The zero-order valence-electron chi connectivity index (χ0n) is 15.2. The minimum absolute atomic E-state index is 0.0658. The zero-order valence-corrected chi connectivity index (χ0v) is 15.2. The lowest BCUT2D eigenvalue weighted by Gasteiger charge is -2.45. The average Bonchev–Trinajstić information content (AvgIpc) is 2.81. The largest absolute Gasteiger partial charge is 0.481 e. The van der Waals surface area contributed by atoms with Gasteiger partial charge in [0, 0.05) is 38.3 Å². The van der Waals surface area contributed by atoms with Crippen LogP contribution in [0.15, 0.2) is 6.07 Å². The van der Waals surface area contributed by atoms with Crippen molar-refractivity contribution >= 4 is 17.7 Å². The number of hydrogen-bond acceptors (Lipinski definition) is 5. The summed E-state index contributed by atoms with van der Waals surface area (Å²) in [5.74, 6) is 0.121. The number of aliphatic carboxylic acids is 1. The van der Waals surface area contributed by atoms with Crippen LogP contribution in [0, 0.1) is 12.8 Å². The first kappa shape index (κ1) is 17.6. The third-order valence-electron chi connectivity index (χ3n) is 5.70. The van der Waals surface area contributed by atoms with Crippen LogP contribution in [0.2, 0.25) is 0 Å². The molecule has 0 aromatic carbocycles. The maximum absolute atomic E-state index is 12.1. The number of carbonyl (C=O) groups is 2. The summed E-state index contributed by atoms with van der Waals surface area (Å²) in [5.41, 5.74) is 0.482. The Morgan fingerprint density at radius 2 is 2.04 bits per heavy atom. The standard InChI is InChI=1S/C18H26N4O3/c1-4-5-13-10-15(20-12(2)19-13)22-8-6-18(7-9-22)14(17(24)25)11-16(23)21(18)3/h10,14H,4-9,11H2,1-3H3,(H,24,25)/t14-/m0/s1. The number of carbonyl (C=O) groups excluding carboxylic acids is 1. The van der Waals surface area contributed by atoms with E-state index in [1.165, 1.54) is 0 Å². The van der Waals surface area contributed by atoms with Gasteiger partial charge in [-0.15, -0.1) is 0 Å². The Bertz CT molecular complexity index is 683. The molecule has 1 aromatic heterocycles. The first-order chi connectivity index (χ1) is 11.9. The van der Waals surface area contributed by atoms with Gasteiger partial charge in [0.15, 0.2) is 0 Å². The fourth-order valence-corrected chi connectivity index (χ4v) is 4.27. The molecule has 2 fully saturated rings. The summed E-state index contributed by atoms with van der Waals surface area (Å²) in [4.78, 5) is 36.7. The Kier molecular flexibility index (Phi) is 4.67. The third-order valence-corrected chi connectivity index (χ3v) is 5.70. The van der Waals surface area contributed by atoms with E-state index >= 15 is 0 Å². The highest BCUT2D eigenvalue weighted by molar-refractivity contribution is 5.88. The van der Waals surface area contributed by atoms with Crippen LogP contribution in [-0.2, 0) is 16.0 Å². The van der Waals surface area contributed by atoms with E-state index in [9.17, 15) is 14.7 Å². The van der Waals surface area contributed by atoms with Crippen LogP contribution in [0.3, 0.4) is 0 Å². The molecule has 2 saturated heterocycles. The molecular formula is C18H26N4O3. The number of anilines is 1. The molecular weight excluding hydrogens is 320 g/mol. The van der Waals surface area contributed by atoms with E-state index in [0.717, 1.165) is 30.2 Å². The van der Waals surface area contributed by atoms with Gasteiger partial charge in [-0.25, -0.2) is 9.97 Å². The van der Waals surface area contributed by atoms with E-state index in [-0.39, 0.29) is 12.3 Å². The number of nitrogens with zero attached hydrogens (tertiary/aromatic N) is 4. The van der Waals surface area contributed by atoms with Crippen LogP contribution in [0.4, 0.5) is 5.82 Å². The Labute approximate surface area is 148 Å². The quantitative estimate of drug-likeness (QED) is 0.892. The molecule has 136 valence electrons. The van der Waals surface area contributed by atoms with Crippen molar-refractivity contribution in [2.75, 3.05) is 25.0 Å². The molecule has 1 spiro atoms. The zero-order chi connectivity index (χ0) is 18.2. The van der Waals surface area contributed by atoms with E-state index in [4.69, 9.17) is 0 Å². The Morgan fingerprint density at radius 1 is 1.36 bits per heavy atom. The molecule has 0 saturated carbocycles. The van der Waals surface area contributed by atoms with E-state index in [1.807, 2.05) is 13.0 Å². The molecule has 0 radical (unpaired) electrons. The fraction of sp³-hybridized carbons (Fsp3) is 0.667. The molecule has 1 N–H and O–H groups in total. The normalized spacial score (nSPS) is 22.7. The lowest BCUT2D eigenvalue weighted by atomic mass is 9.77. The molecule has 1 amide bonds. The van der Waals surface area contributed by atoms with Crippen molar-refractivity contribution in [3.63, 3.8) is 0 Å². The van der Waals surface area contributed by atoms with Crippen molar-refractivity contribution in [2.24, 2.45) is 5.92 Å². The minimum atomic E-state index is -0.866. The van der Waals surface area contributed by atoms with E-state index < -0.39 is 17.4 Å². The molecule has 7 nitrogen and oxygen atoms in total. The second kappa shape index (κ2) is 6.61. The number of aryl methyl sites for hydroxylation is 2. The van der Waals surface area contributed by atoms with Gasteiger partial charge in [-0.3, -0.25) is 9.59 Å². The summed E-state index contributed by atoms with van der Waals surface area (Å²) in [6, 6.07) is 2.03. The Morgan fingerprint density at radius 3 is 2.64 bits per heavy atom. The number of aromatic nitrogens is 2. The Balaban J connectivity index is 1.79. The summed E-state index contributed by atoms with van der Waals surface area (Å²) < 4.78 is 0. The summed E-state index contributed by atoms with van der Waals surface area (Å²) in [7, 11) is 1.75. The third kappa shape index (κ3) is 3.07. The number of rotatable bonds is 4. The molecule has 1 aromatic rings. The first-order valence-corrected chi connectivity index (χ1v) is 8.96. The van der Waals surface area contributed by atoms with Gasteiger partial charge in [0.2, 0.25) is 5.91 Å². The van der Waals surface area contributed by atoms with Crippen LogP contribution < -0.4 is 4.90 Å². The molecule has 0 aliphatic carbocycles. The number of hydrogen-bond donors (Lipinski definition) is 1. The van der Waals surface area contributed by atoms with Crippen LogP contribution in [-0.4, -0.2) is 57.5 Å². The van der Waals surface area contributed by atoms with Crippen LogP contribution >= 0.6 is 0 Å². The highest BCUT2D eigenvalue weighted by Crippen LogP contribution is 2.43. The minimum Gasteiger partial charge on any atom is -0.481 e. The molecule has 1 atom stereocenters. The van der Waals surface area contributed by atoms with Gasteiger partial charge in [0.05, 0.1) is 11.5 Å². The molecule has 7 heteroatoms. The number of piperidine rings is 1. The van der Waals surface area contributed by atoms with Crippen LogP contribution in [0.5, 0.6) is 0 Å². The predicted octanol–water partition coefficient (Wildman–Crippen LogP) is 1.64. The van der Waals surface area contributed by atoms with Crippen LogP contribution in [0.25, 0.3) is 0 Å². The number of carboxylic acids is 1. The van der Waals surface area contributed by atoms with Crippen molar-refractivity contribution in [1.29, 1.82) is 0 Å². The maximum atomic E-state index is 12.1. The second-order valence-electron chi connectivity index (χ2n) is 7.15. The van der Waals surface area contributed by atoms with Gasteiger partial charge in [-0.1, -0.05) is 13.3 Å². The SMILES string of the molecule is CCCc1cc(N2CCC3(CC2)[C@H](C(=O)O)CC(=O)N3C)nc(C)n1. The highest BCUT2D eigenvalue weighted by Gasteiger charge is 2.55. The van der Waals surface area contributed by atoms with Crippen molar-refractivity contribution in [1.82, 2.24) is 14.9 Å². The predicted molar refractivity (Wildman–Crippen MR) is 93.5 cm³/mol. The van der Waals surface area contributed by atoms with Crippen molar-refractivity contribution in [3.8, 4) is 0 Å². The number of likely N-dealkylation sites (tertiary alicyclic amines) is 1. The molecule has 0 unspecified atom stereocenters. The van der Waals surface area contributed by atoms with Gasteiger partial charge in [-0.05, 0) is 26.2 Å². The molecule has 0 bridgehead atoms. The molecule has 2 aliphatic rings. The monoisotopic (exact) mass is 346 g/mol.